The summed E-state index contributed by atoms with van der Waals surface area (Å²) in [7, 11) is 0. The number of anilines is 4. The fraction of sp³-hybridized carbons (Fsp3) is 0.333. The van der Waals surface area contributed by atoms with Crippen molar-refractivity contribution in [1.82, 2.24) is 9.88 Å². The molecule has 0 saturated carbocycles. The lowest BCUT2D eigenvalue weighted by Crippen LogP contribution is -2.25. The Balaban J connectivity index is 1.60. The zero-order valence-electron chi connectivity index (χ0n) is 20.2. The first kappa shape index (κ1) is 25.1. The molecule has 0 unspecified atom stereocenters. The molecule has 1 aromatic heterocycles. The van der Waals surface area contributed by atoms with Crippen molar-refractivity contribution in [2.75, 3.05) is 42.1 Å². The lowest BCUT2D eigenvalue weighted by atomic mass is 10.1. The van der Waals surface area contributed by atoms with E-state index in [0.717, 1.165) is 60.8 Å². The van der Waals surface area contributed by atoms with Gasteiger partial charge in [-0.05, 0) is 55.9 Å². The van der Waals surface area contributed by atoms with Gasteiger partial charge in [-0.3, -0.25) is 4.79 Å². The normalized spacial score (nSPS) is 10.8. The molecule has 3 aromatic rings. The molecule has 0 atom stereocenters. The molecule has 3 rings (SSSR count). The molecule has 0 saturated heterocycles. The molecule has 0 aliphatic rings. The zero-order valence-corrected chi connectivity index (χ0v) is 20.2. The molecule has 0 bridgehead atoms. The quantitative estimate of drug-likeness (QED) is 0.263. The van der Waals surface area contributed by atoms with E-state index < -0.39 is 0 Å². The molecule has 0 fully saturated rings. The number of carbonyl (C=O) groups excluding carboxylic acids is 1. The van der Waals surface area contributed by atoms with Crippen LogP contribution >= 0.6 is 0 Å². The van der Waals surface area contributed by atoms with Gasteiger partial charge in [-0.1, -0.05) is 44.2 Å². The van der Waals surface area contributed by atoms with Gasteiger partial charge in [0.25, 0.3) is 0 Å². The van der Waals surface area contributed by atoms with Crippen molar-refractivity contribution in [1.29, 1.82) is 0 Å². The van der Waals surface area contributed by atoms with Crippen LogP contribution in [-0.4, -0.2) is 42.0 Å². The van der Waals surface area contributed by atoms with Crippen LogP contribution in [-0.2, 0) is 17.8 Å². The molecular formula is C27H36N6O. The van der Waals surface area contributed by atoms with Crippen molar-refractivity contribution < 1.29 is 4.79 Å². The van der Waals surface area contributed by atoms with E-state index in [0.29, 0.717) is 12.4 Å². The largest absolute Gasteiger partial charge is 0.385 e. The number of pyridine rings is 1. The number of rotatable bonds is 14. The Bertz CT molecular complexity index is 1020. The Hall–Kier alpha value is -3.58. The molecule has 0 radical (unpaired) electrons. The summed E-state index contributed by atoms with van der Waals surface area (Å²) in [4.78, 5) is 18.4. The third-order valence-corrected chi connectivity index (χ3v) is 5.71. The maximum atomic E-state index is 11.5. The van der Waals surface area contributed by atoms with Gasteiger partial charge >= 0.3 is 0 Å². The molecule has 180 valence electrons. The van der Waals surface area contributed by atoms with E-state index in [1.54, 1.807) is 6.20 Å². The van der Waals surface area contributed by atoms with Crippen molar-refractivity contribution in [2.45, 2.75) is 33.2 Å². The topological polar surface area (TPSA) is 95.3 Å². The minimum absolute atomic E-state index is 0.138. The van der Waals surface area contributed by atoms with E-state index in [1.165, 1.54) is 0 Å². The number of amides is 1. The first-order valence-electron chi connectivity index (χ1n) is 12.0. The Morgan fingerprint density at radius 1 is 0.971 bits per heavy atom. The average Bonchev–Trinajstić information content (AvgIpc) is 2.85. The van der Waals surface area contributed by atoms with Gasteiger partial charge in [0, 0.05) is 48.0 Å². The van der Waals surface area contributed by atoms with Crippen LogP contribution in [0.4, 0.5) is 22.9 Å². The Labute approximate surface area is 202 Å². The number of nitrogens with one attached hydrogen (secondary N) is 3. The summed E-state index contributed by atoms with van der Waals surface area (Å²) in [6, 6.07) is 20.2. The number of nitrogens with zero attached hydrogens (tertiary/aromatic N) is 2. The number of aromatic nitrogens is 1. The zero-order chi connectivity index (χ0) is 24.2. The van der Waals surface area contributed by atoms with Gasteiger partial charge in [0.15, 0.2) is 0 Å². The van der Waals surface area contributed by atoms with E-state index in [2.05, 4.69) is 63.9 Å². The monoisotopic (exact) mass is 460 g/mol. The third-order valence-electron chi connectivity index (χ3n) is 5.71. The van der Waals surface area contributed by atoms with E-state index >= 15 is 0 Å². The molecule has 0 spiro atoms. The van der Waals surface area contributed by atoms with Gasteiger partial charge in [-0.2, -0.15) is 0 Å². The highest BCUT2D eigenvalue weighted by atomic mass is 16.1. The molecule has 7 nitrogen and oxygen atoms in total. The van der Waals surface area contributed by atoms with Crippen molar-refractivity contribution in [3.63, 3.8) is 0 Å². The van der Waals surface area contributed by atoms with Gasteiger partial charge in [-0.25, -0.2) is 4.98 Å². The van der Waals surface area contributed by atoms with Crippen LogP contribution in [0.2, 0.25) is 0 Å². The van der Waals surface area contributed by atoms with Crippen LogP contribution in [0.15, 0.2) is 66.9 Å². The highest BCUT2D eigenvalue weighted by Gasteiger charge is 2.09. The van der Waals surface area contributed by atoms with Crippen LogP contribution < -0.4 is 21.7 Å². The summed E-state index contributed by atoms with van der Waals surface area (Å²) >= 11 is 0. The molecule has 5 N–H and O–H groups in total. The second-order valence-electron chi connectivity index (χ2n) is 8.22. The van der Waals surface area contributed by atoms with E-state index in [-0.39, 0.29) is 12.3 Å². The van der Waals surface area contributed by atoms with Crippen LogP contribution in [0.5, 0.6) is 0 Å². The molecule has 0 aliphatic heterocycles. The number of carbonyl (C=O) groups is 1. The van der Waals surface area contributed by atoms with Gasteiger partial charge < -0.3 is 26.6 Å². The minimum atomic E-state index is -0.384. The molecule has 7 heteroatoms. The van der Waals surface area contributed by atoms with E-state index in [9.17, 15) is 4.79 Å². The predicted octanol–water partition coefficient (Wildman–Crippen LogP) is 4.61. The summed E-state index contributed by atoms with van der Waals surface area (Å²) in [5.74, 6) is 0.314. The Morgan fingerprint density at radius 2 is 1.68 bits per heavy atom. The van der Waals surface area contributed by atoms with Crippen molar-refractivity contribution in [2.24, 2.45) is 5.73 Å². The average molecular weight is 461 g/mol. The van der Waals surface area contributed by atoms with E-state index in [1.807, 2.05) is 36.4 Å². The predicted molar refractivity (Wildman–Crippen MR) is 142 cm³/mol. The van der Waals surface area contributed by atoms with Crippen molar-refractivity contribution in [3.8, 4) is 0 Å². The van der Waals surface area contributed by atoms with Crippen molar-refractivity contribution >= 4 is 28.8 Å². The lowest BCUT2D eigenvalue weighted by Gasteiger charge is -2.18. The number of nitrogens with two attached hydrogens (primary N) is 1. The Morgan fingerprint density at radius 3 is 2.35 bits per heavy atom. The minimum Gasteiger partial charge on any atom is -0.385 e. The maximum absolute atomic E-state index is 11.5. The van der Waals surface area contributed by atoms with Crippen molar-refractivity contribution in [3.05, 3.63) is 78.0 Å². The third kappa shape index (κ3) is 8.08. The number of hydrogen-bond donors (Lipinski definition) is 4. The summed E-state index contributed by atoms with van der Waals surface area (Å²) in [6.45, 7) is 9.29. The molecule has 0 aliphatic carbocycles. The van der Waals surface area contributed by atoms with Crippen LogP contribution in [0.3, 0.4) is 0 Å². The number of hydrogen-bond acceptors (Lipinski definition) is 6. The number of benzene rings is 2. The fourth-order valence-corrected chi connectivity index (χ4v) is 3.73. The van der Waals surface area contributed by atoms with Crippen LogP contribution in [0.1, 0.15) is 31.4 Å². The second kappa shape index (κ2) is 13.2. The maximum Gasteiger partial charge on any atom is 0.221 e. The lowest BCUT2D eigenvalue weighted by molar-refractivity contribution is -0.117. The highest BCUT2D eigenvalue weighted by Crippen LogP contribution is 2.23. The summed E-state index contributed by atoms with van der Waals surface area (Å²) in [5.41, 5.74) is 10.2. The van der Waals surface area contributed by atoms with Gasteiger partial charge in [0.2, 0.25) is 5.91 Å². The molecule has 1 heterocycles. The fourth-order valence-electron chi connectivity index (χ4n) is 3.73. The molecule has 34 heavy (non-hydrogen) atoms. The van der Waals surface area contributed by atoms with Gasteiger partial charge in [-0.15, -0.1) is 0 Å². The van der Waals surface area contributed by atoms with Crippen LogP contribution in [0, 0.1) is 0 Å². The van der Waals surface area contributed by atoms with Gasteiger partial charge in [0.1, 0.15) is 5.82 Å². The summed E-state index contributed by atoms with van der Waals surface area (Å²) in [6.07, 6.45) is 2.95. The highest BCUT2D eigenvalue weighted by molar-refractivity contribution is 5.79. The molecule has 2 aromatic carbocycles. The van der Waals surface area contributed by atoms with Crippen LogP contribution in [0.25, 0.3) is 0 Å². The first-order valence-corrected chi connectivity index (χ1v) is 12.0. The summed E-state index contributed by atoms with van der Waals surface area (Å²) in [5, 5.41) is 10.2. The standard InChI is InChI=1S/C27H36N6O/c1-3-33(4-2)16-8-15-29-23-11-13-24(14-12-23)32-27-18-25(22(20-31-27)17-26(28)34)30-19-21-9-6-5-7-10-21/h5-7,9-14,18,20,29H,3-4,8,15-17,19H2,1-2H3,(H2,28,34)(H2,30,31,32). The Kier molecular flexibility index (Phi) is 9.73. The molecule has 1 amide bonds. The molecular weight excluding hydrogens is 424 g/mol. The smallest absolute Gasteiger partial charge is 0.221 e. The SMILES string of the molecule is CCN(CC)CCCNc1ccc(Nc2cc(NCc3ccccc3)c(CC(N)=O)cn2)cc1. The first-order chi connectivity index (χ1) is 16.6. The summed E-state index contributed by atoms with van der Waals surface area (Å²) < 4.78 is 0. The second-order valence-corrected chi connectivity index (χ2v) is 8.22. The van der Waals surface area contributed by atoms with E-state index in [4.69, 9.17) is 5.73 Å². The van der Waals surface area contributed by atoms with Gasteiger partial charge in [0.05, 0.1) is 6.42 Å². The number of primary amides is 1.